The number of carbonyl (C=O) groups is 1. The van der Waals surface area contributed by atoms with E-state index in [1.165, 1.54) is 12.6 Å². The number of hydrogen-bond donors (Lipinski definition) is 1. The fourth-order valence-electron chi connectivity index (χ4n) is 3.89. The predicted molar refractivity (Wildman–Crippen MR) is 114 cm³/mol. The Bertz CT molecular complexity index is 1150. The number of furan rings is 1. The number of carbonyl (C=O) groups excluding carboxylic acids is 1. The van der Waals surface area contributed by atoms with Gasteiger partial charge in [-0.25, -0.2) is 15.0 Å². The van der Waals surface area contributed by atoms with Gasteiger partial charge in [-0.3, -0.25) is 4.79 Å². The Morgan fingerprint density at radius 3 is 2.94 bits per heavy atom. The van der Waals surface area contributed by atoms with E-state index in [-0.39, 0.29) is 11.4 Å². The Kier molecular flexibility index (Phi) is 4.75. The van der Waals surface area contributed by atoms with Crippen molar-refractivity contribution in [1.29, 1.82) is 0 Å². The molecule has 2 aliphatic rings. The molecule has 0 unspecified atom stereocenters. The van der Waals surface area contributed by atoms with E-state index in [0.29, 0.717) is 60.3 Å². The zero-order valence-electron chi connectivity index (χ0n) is 18.1. The molecule has 0 radical (unpaired) electrons. The lowest BCUT2D eigenvalue weighted by molar-refractivity contribution is 0.0731. The SMILES string of the molecule is CCCOc1ncnc2c1CCN(C(=O)c1coc3nc(C)nc(NC4(C)CC4)c13)C2. The highest BCUT2D eigenvalue weighted by atomic mass is 16.5. The molecule has 162 valence electrons. The number of aryl methyl sites for hydroxylation is 1. The number of fused-ring (bicyclic) bond motifs is 2. The molecule has 0 aromatic carbocycles. The molecule has 1 saturated carbocycles. The first kappa shape index (κ1) is 19.7. The Morgan fingerprint density at radius 1 is 1.32 bits per heavy atom. The van der Waals surface area contributed by atoms with Gasteiger partial charge >= 0.3 is 0 Å². The lowest BCUT2D eigenvalue weighted by atomic mass is 10.0. The van der Waals surface area contributed by atoms with Crippen molar-refractivity contribution >= 4 is 22.8 Å². The Morgan fingerprint density at radius 2 is 2.16 bits per heavy atom. The number of rotatable bonds is 6. The number of hydrogen-bond acceptors (Lipinski definition) is 8. The molecule has 0 atom stereocenters. The molecule has 3 aromatic rings. The number of nitrogens with one attached hydrogen (secondary N) is 1. The van der Waals surface area contributed by atoms with Crippen molar-refractivity contribution in [2.75, 3.05) is 18.5 Å². The van der Waals surface area contributed by atoms with Crippen molar-refractivity contribution in [3.63, 3.8) is 0 Å². The third-order valence-corrected chi connectivity index (χ3v) is 5.89. The van der Waals surface area contributed by atoms with Gasteiger partial charge < -0.3 is 19.4 Å². The van der Waals surface area contributed by atoms with Crippen molar-refractivity contribution in [1.82, 2.24) is 24.8 Å². The molecule has 0 saturated heterocycles. The highest BCUT2D eigenvalue weighted by Gasteiger charge is 2.39. The van der Waals surface area contributed by atoms with Crippen molar-refractivity contribution < 1.29 is 13.9 Å². The summed E-state index contributed by atoms with van der Waals surface area (Å²) in [4.78, 5) is 32.9. The van der Waals surface area contributed by atoms with Gasteiger partial charge in [0.25, 0.3) is 5.91 Å². The lowest BCUT2D eigenvalue weighted by Crippen LogP contribution is -2.36. The number of amides is 1. The Balaban J connectivity index is 1.45. The van der Waals surface area contributed by atoms with Crippen LogP contribution in [0.2, 0.25) is 0 Å². The van der Waals surface area contributed by atoms with Crippen LogP contribution in [0, 0.1) is 6.92 Å². The molecule has 31 heavy (non-hydrogen) atoms. The highest BCUT2D eigenvalue weighted by Crippen LogP contribution is 2.40. The molecule has 0 spiro atoms. The maximum atomic E-state index is 13.5. The summed E-state index contributed by atoms with van der Waals surface area (Å²) in [6, 6.07) is 0. The van der Waals surface area contributed by atoms with Crippen molar-refractivity contribution in [3.05, 3.63) is 35.2 Å². The molecule has 1 amide bonds. The molecule has 9 heteroatoms. The van der Waals surface area contributed by atoms with E-state index in [4.69, 9.17) is 9.15 Å². The van der Waals surface area contributed by atoms with Crippen LogP contribution in [0.1, 0.15) is 60.5 Å². The molecule has 1 fully saturated rings. The molecule has 1 N–H and O–H groups in total. The summed E-state index contributed by atoms with van der Waals surface area (Å²) in [5.41, 5.74) is 2.73. The molecular formula is C22H26N6O3. The smallest absolute Gasteiger partial charge is 0.258 e. The number of nitrogens with zero attached hydrogens (tertiary/aromatic N) is 5. The summed E-state index contributed by atoms with van der Waals surface area (Å²) in [5, 5.41) is 4.13. The minimum absolute atomic E-state index is 0.0151. The van der Waals surface area contributed by atoms with Crippen LogP contribution in [-0.2, 0) is 13.0 Å². The van der Waals surface area contributed by atoms with Gasteiger partial charge in [-0.1, -0.05) is 6.92 Å². The van der Waals surface area contributed by atoms with Gasteiger partial charge in [-0.2, -0.15) is 4.98 Å². The lowest BCUT2D eigenvalue weighted by Gasteiger charge is -2.28. The highest BCUT2D eigenvalue weighted by molar-refractivity contribution is 6.09. The quantitative estimate of drug-likeness (QED) is 0.645. The molecule has 3 aromatic heterocycles. The standard InChI is InChI=1S/C22H26N6O3/c1-4-9-30-19-14-5-8-28(10-16(14)23-12-24-19)21(29)15-11-31-20-17(15)18(25-13(2)26-20)27-22(3)6-7-22/h11-12H,4-10H2,1-3H3,(H,25,26,27). The number of aromatic nitrogens is 4. The minimum Gasteiger partial charge on any atom is -0.477 e. The van der Waals surface area contributed by atoms with Crippen LogP contribution in [0.3, 0.4) is 0 Å². The van der Waals surface area contributed by atoms with E-state index in [2.05, 4.69) is 39.1 Å². The summed E-state index contributed by atoms with van der Waals surface area (Å²) in [5.74, 6) is 1.78. The van der Waals surface area contributed by atoms with Crippen molar-refractivity contribution in [2.45, 2.75) is 58.5 Å². The van der Waals surface area contributed by atoms with Crippen LogP contribution in [-0.4, -0.2) is 49.4 Å². The van der Waals surface area contributed by atoms with Crippen LogP contribution >= 0.6 is 0 Å². The normalized spacial score (nSPS) is 16.8. The Labute approximate surface area is 180 Å². The predicted octanol–water partition coefficient (Wildman–Crippen LogP) is 3.27. The summed E-state index contributed by atoms with van der Waals surface area (Å²) < 4.78 is 11.4. The van der Waals surface area contributed by atoms with Crippen LogP contribution in [0.25, 0.3) is 11.1 Å². The van der Waals surface area contributed by atoms with Gasteiger partial charge in [-0.05, 0) is 39.5 Å². The summed E-state index contributed by atoms with van der Waals surface area (Å²) in [6.45, 7) is 7.60. The first-order valence-electron chi connectivity index (χ1n) is 10.8. The largest absolute Gasteiger partial charge is 0.477 e. The third kappa shape index (κ3) is 3.68. The van der Waals surface area contributed by atoms with Gasteiger partial charge in [0.2, 0.25) is 11.6 Å². The van der Waals surface area contributed by atoms with Crippen molar-refractivity contribution in [2.24, 2.45) is 0 Å². The fourth-order valence-corrected chi connectivity index (χ4v) is 3.89. The number of ether oxygens (including phenoxy) is 1. The first-order valence-corrected chi connectivity index (χ1v) is 10.8. The van der Waals surface area contributed by atoms with Crippen LogP contribution in [0.15, 0.2) is 17.0 Å². The molecule has 0 bridgehead atoms. The summed E-state index contributed by atoms with van der Waals surface area (Å²) in [6.07, 6.45) is 6.70. The second-order valence-corrected chi connectivity index (χ2v) is 8.56. The van der Waals surface area contributed by atoms with Crippen molar-refractivity contribution in [3.8, 4) is 5.88 Å². The maximum absolute atomic E-state index is 13.5. The van der Waals surface area contributed by atoms with Gasteiger partial charge in [0.1, 0.15) is 24.2 Å². The average Bonchev–Trinajstić information content (AvgIpc) is 3.33. The van der Waals surface area contributed by atoms with E-state index in [0.717, 1.165) is 30.5 Å². The van der Waals surface area contributed by atoms with Gasteiger partial charge in [0, 0.05) is 17.6 Å². The third-order valence-electron chi connectivity index (χ3n) is 5.89. The molecule has 9 nitrogen and oxygen atoms in total. The molecular weight excluding hydrogens is 396 g/mol. The van der Waals surface area contributed by atoms with Crippen LogP contribution in [0.4, 0.5) is 5.82 Å². The zero-order valence-corrected chi connectivity index (χ0v) is 18.1. The summed E-state index contributed by atoms with van der Waals surface area (Å²) >= 11 is 0. The molecule has 4 heterocycles. The van der Waals surface area contributed by atoms with Gasteiger partial charge in [0.15, 0.2) is 0 Å². The topological polar surface area (TPSA) is 106 Å². The fraction of sp³-hybridized carbons (Fsp3) is 0.500. The second kappa shape index (κ2) is 7.47. The first-order chi connectivity index (χ1) is 15.0. The summed E-state index contributed by atoms with van der Waals surface area (Å²) in [7, 11) is 0. The van der Waals surface area contributed by atoms with E-state index in [1.54, 1.807) is 4.90 Å². The second-order valence-electron chi connectivity index (χ2n) is 8.56. The van der Waals surface area contributed by atoms with Gasteiger partial charge in [-0.15, -0.1) is 0 Å². The van der Waals surface area contributed by atoms with E-state index in [9.17, 15) is 4.79 Å². The van der Waals surface area contributed by atoms with E-state index in [1.807, 2.05) is 6.92 Å². The monoisotopic (exact) mass is 422 g/mol. The number of anilines is 1. The minimum atomic E-state index is -0.115. The van der Waals surface area contributed by atoms with Crippen LogP contribution < -0.4 is 10.1 Å². The maximum Gasteiger partial charge on any atom is 0.258 e. The zero-order chi connectivity index (χ0) is 21.6. The van der Waals surface area contributed by atoms with Crippen LogP contribution in [0.5, 0.6) is 5.88 Å². The molecule has 1 aliphatic heterocycles. The average molecular weight is 422 g/mol. The van der Waals surface area contributed by atoms with E-state index >= 15 is 0 Å². The molecule has 1 aliphatic carbocycles. The Hall–Kier alpha value is -3.23. The van der Waals surface area contributed by atoms with E-state index < -0.39 is 0 Å². The molecule has 5 rings (SSSR count). The van der Waals surface area contributed by atoms with Gasteiger partial charge in [0.05, 0.1) is 29.8 Å².